The van der Waals surface area contributed by atoms with Crippen LogP contribution in [0, 0.1) is 28.9 Å². The van der Waals surface area contributed by atoms with Crippen molar-refractivity contribution in [2.45, 2.75) is 12.8 Å². The Morgan fingerprint density at radius 1 is 1.32 bits per heavy atom. The lowest BCUT2D eigenvalue weighted by atomic mass is 9.96. The molecule has 0 aromatic heterocycles. The van der Waals surface area contributed by atoms with Crippen molar-refractivity contribution in [3.8, 4) is 6.07 Å². The molecule has 1 aliphatic heterocycles. The number of primary amides is 1. The van der Waals surface area contributed by atoms with Crippen LogP contribution in [0.3, 0.4) is 0 Å². The van der Waals surface area contributed by atoms with Gasteiger partial charge in [-0.15, -0.1) is 0 Å². The molecule has 1 amide bonds. The average molecular weight is 265 g/mol. The van der Waals surface area contributed by atoms with Gasteiger partial charge in [-0.05, 0) is 25.0 Å². The molecular formula is C13H13F2N3O. The smallest absolute Gasteiger partial charge is 0.220 e. The number of hydrogen-bond acceptors (Lipinski definition) is 3. The zero-order valence-corrected chi connectivity index (χ0v) is 10.2. The predicted octanol–water partition coefficient (Wildman–Crippen LogP) is 1.54. The molecule has 2 rings (SSSR count). The first-order chi connectivity index (χ1) is 9.02. The fourth-order valence-corrected chi connectivity index (χ4v) is 2.32. The number of nitriles is 1. The molecule has 4 nitrogen and oxygen atoms in total. The summed E-state index contributed by atoms with van der Waals surface area (Å²) in [6.07, 6.45) is 0.961. The third-order valence-corrected chi connectivity index (χ3v) is 3.36. The lowest BCUT2D eigenvalue weighted by molar-refractivity contribution is -0.122. The molecule has 0 unspecified atom stereocenters. The summed E-state index contributed by atoms with van der Waals surface area (Å²) < 4.78 is 27.6. The van der Waals surface area contributed by atoms with Gasteiger partial charge in [0, 0.05) is 19.0 Å². The van der Waals surface area contributed by atoms with Crippen molar-refractivity contribution in [2.24, 2.45) is 11.7 Å². The van der Waals surface area contributed by atoms with Crippen LogP contribution < -0.4 is 10.6 Å². The Labute approximate surface area is 109 Å². The van der Waals surface area contributed by atoms with Gasteiger partial charge in [-0.3, -0.25) is 4.79 Å². The van der Waals surface area contributed by atoms with Crippen LogP contribution in [0.4, 0.5) is 14.5 Å². The van der Waals surface area contributed by atoms with E-state index in [9.17, 15) is 13.6 Å². The molecule has 2 N–H and O–H groups in total. The molecule has 0 saturated carbocycles. The van der Waals surface area contributed by atoms with Crippen LogP contribution in [0.5, 0.6) is 0 Å². The monoisotopic (exact) mass is 265 g/mol. The molecule has 1 fully saturated rings. The maximum Gasteiger partial charge on any atom is 0.220 e. The molecule has 1 heterocycles. The van der Waals surface area contributed by atoms with Gasteiger partial charge in [-0.2, -0.15) is 5.26 Å². The first-order valence-corrected chi connectivity index (χ1v) is 5.96. The lowest BCUT2D eigenvalue weighted by Gasteiger charge is -2.32. The van der Waals surface area contributed by atoms with Gasteiger partial charge >= 0.3 is 0 Å². The highest BCUT2D eigenvalue weighted by Gasteiger charge is 2.26. The summed E-state index contributed by atoms with van der Waals surface area (Å²) in [6.45, 7) is 0.737. The van der Waals surface area contributed by atoms with Crippen molar-refractivity contribution in [3.05, 3.63) is 29.3 Å². The Bertz CT molecular complexity index is 522. The number of amides is 1. The molecule has 100 valence electrons. The van der Waals surface area contributed by atoms with Gasteiger partial charge in [0.25, 0.3) is 0 Å². The maximum atomic E-state index is 13.8. The van der Waals surface area contributed by atoms with Crippen molar-refractivity contribution in [1.29, 1.82) is 5.26 Å². The third-order valence-electron chi connectivity index (χ3n) is 3.36. The minimum absolute atomic E-state index is 0.0502. The molecule has 1 saturated heterocycles. The quantitative estimate of drug-likeness (QED) is 0.881. The first-order valence-electron chi connectivity index (χ1n) is 5.96. The summed E-state index contributed by atoms with van der Waals surface area (Å²) >= 11 is 0. The zero-order chi connectivity index (χ0) is 14.0. The Kier molecular flexibility index (Phi) is 3.65. The number of piperidine rings is 1. The molecule has 6 heteroatoms. The fourth-order valence-electron chi connectivity index (χ4n) is 2.32. The Morgan fingerprint density at radius 3 is 2.26 bits per heavy atom. The summed E-state index contributed by atoms with van der Waals surface area (Å²) in [4.78, 5) is 12.6. The zero-order valence-electron chi connectivity index (χ0n) is 10.2. The van der Waals surface area contributed by atoms with E-state index in [4.69, 9.17) is 11.0 Å². The van der Waals surface area contributed by atoms with E-state index in [-0.39, 0.29) is 23.1 Å². The molecular weight excluding hydrogens is 252 g/mol. The van der Waals surface area contributed by atoms with E-state index in [1.807, 2.05) is 0 Å². The van der Waals surface area contributed by atoms with E-state index in [2.05, 4.69) is 0 Å². The summed E-state index contributed by atoms with van der Waals surface area (Å²) in [5, 5.41) is 8.64. The number of benzene rings is 1. The van der Waals surface area contributed by atoms with Crippen LogP contribution in [-0.2, 0) is 4.79 Å². The summed E-state index contributed by atoms with van der Waals surface area (Å²) in [5.74, 6) is -2.12. The van der Waals surface area contributed by atoms with Crippen LogP contribution in [0.1, 0.15) is 18.4 Å². The van der Waals surface area contributed by atoms with Crippen molar-refractivity contribution >= 4 is 11.6 Å². The highest BCUT2D eigenvalue weighted by Crippen LogP contribution is 2.29. The molecule has 1 aliphatic rings. The number of nitrogens with two attached hydrogens (primary N) is 1. The van der Waals surface area contributed by atoms with Crippen LogP contribution >= 0.6 is 0 Å². The molecule has 1 aromatic carbocycles. The molecule has 0 bridgehead atoms. The topological polar surface area (TPSA) is 70.1 Å². The van der Waals surface area contributed by atoms with E-state index < -0.39 is 11.6 Å². The molecule has 1 aromatic rings. The number of carbonyl (C=O) groups excluding carboxylic acids is 1. The van der Waals surface area contributed by atoms with E-state index in [1.54, 1.807) is 11.0 Å². The molecule has 0 radical (unpaired) electrons. The maximum absolute atomic E-state index is 13.8. The SMILES string of the molecule is N#Cc1cc(F)c(N2CCC(C(N)=O)CC2)c(F)c1. The second kappa shape index (κ2) is 5.22. The number of rotatable bonds is 2. The van der Waals surface area contributed by atoms with Crippen LogP contribution in [0.15, 0.2) is 12.1 Å². The number of carbonyl (C=O) groups is 1. The number of halogens is 2. The first kappa shape index (κ1) is 13.3. The Balaban J connectivity index is 2.21. The average Bonchev–Trinajstić information content (AvgIpc) is 2.38. The normalized spacial score (nSPS) is 16.2. The second-order valence-corrected chi connectivity index (χ2v) is 4.56. The Morgan fingerprint density at radius 2 is 1.84 bits per heavy atom. The van der Waals surface area contributed by atoms with E-state index >= 15 is 0 Å². The van der Waals surface area contributed by atoms with Gasteiger partial charge in [-0.25, -0.2) is 8.78 Å². The molecule has 19 heavy (non-hydrogen) atoms. The van der Waals surface area contributed by atoms with Gasteiger partial charge < -0.3 is 10.6 Å². The van der Waals surface area contributed by atoms with Crippen molar-refractivity contribution < 1.29 is 13.6 Å². The summed E-state index contributed by atoms with van der Waals surface area (Å²) in [5.41, 5.74) is 5.02. The lowest BCUT2D eigenvalue weighted by Crippen LogP contribution is -2.39. The largest absolute Gasteiger partial charge is 0.369 e. The van der Waals surface area contributed by atoms with Gasteiger partial charge in [0.15, 0.2) is 11.6 Å². The van der Waals surface area contributed by atoms with Gasteiger partial charge in [-0.1, -0.05) is 0 Å². The van der Waals surface area contributed by atoms with Crippen LogP contribution in [0.2, 0.25) is 0 Å². The van der Waals surface area contributed by atoms with Gasteiger partial charge in [0.1, 0.15) is 5.69 Å². The number of nitrogens with zero attached hydrogens (tertiary/aromatic N) is 2. The highest BCUT2D eigenvalue weighted by molar-refractivity contribution is 5.77. The van der Waals surface area contributed by atoms with Crippen LogP contribution in [0.25, 0.3) is 0 Å². The van der Waals surface area contributed by atoms with E-state index in [0.29, 0.717) is 25.9 Å². The van der Waals surface area contributed by atoms with Crippen molar-refractivity contribution in [1.82, 2.24) is 0 Å². The van der Waals surface area contributed by atoms with Crippen molar-refractivity contribution in [2.75, 3.05) is 18.0 Å². The Hall–Kier alpha value is -2.16. The number of hydrogen-bond donors (Lipinski definition) is 1. The second-order valence-electron chi connectivity index (χ2n) is 4.56. The van der Waals surface area contributed by atoms with Crippen molar-refractivity contribution in [3.63, 3.8) is 0 Å². The highest BCUT2D eigenvalue weighted by atomic mass is 19.1. The van der Waals surface area contributed by atoms with Gasteiger partial charge in [0.05, 0.1) is 11.6 Å². The summed E-state index contributed by atoms with van der Waals surface area (Å²) in [7, 11) is 0. The molecule has 0 spiro atoms. The van der Waals surface area contributed by atoms with E-state index in [1.165, 1.54) is 0 Å². The van der Waals surface area contributed by atoms with Crippen LogP contribution in [-0.4, -0.2) is 19.0 Å². The standard InChI is InChI=1S/C13H13F2N3O/c14-10-5-8(7-16)6-11(15)12(10)18-3-1-9(2-4-18)13(17)19/h5-6,9H,1-4H2,(H2,17,19). The third kappa shape index (κ3) is 2.65. The minimum Gasteiger partial charge on any atom is -0.369 e. The molecule has 0 aliphatic carbocycles. The molecule has 0 atom stereocenters. The predicted molar refractivity (Wildman–Crippen MR) is 65.2 cm³/mol. The summed E-state index contributed by atoms with van der Waals surface area (Å²) in [6, 6.07) is 3.73. The van der Waals surface area contributed by atoms with Gasteiger partial charge in [0.2, 0.25) is 5.91 Å². The number of anilines is 1. The van der Waals surface area contributed by atoms with E-state index in [0.717, 1.165) is 12.1 Å². The fraction of sp³-hybridized carbons (Fsp3) is 0.385. The minimum atomic E-state index is -0.755.